The molecule has 0 saturated heterocycles. The molecule has 0 spiro atoms. The first-order valence-corrected chi connectivity index (χ1v) is 7.93. The summed E-state index contributed by atoms with van der Waals surface area (Å²) < 4.78 is 7.87. The number of furan rings is 1. The highest BCUT2D eigenvalue weighted by molar-refractivity contribution is 5.91. The molecule has 5 heteroatoms. The highest BCUT2D eigenvalue weighted by Crippen LogP contribution is 2.21. The van der Waals surface area contributed by atoms with Crippen LogP contribution in [0.2, 0.25) is 0 Å². The number of hydrogen-bond acceptors (Lipinski definition) is 3. The van der Waals surface area contributed by atoms with Crippen molar-refractivity contribution in [1.29, 1.82) is 0 Å². The van der Waals surface area contributed by atoms with E-state index in [0.29, 0.717) is 11.7 Å². The molecule has 1 aliphatic heterocycles. The summed E-state index contributed by atoms with van der Waals surface area (Å²) in [6.07, 6.45) is 6.71. The van der Waals surface area contributed by atoms with Crippen LogP contribution in [0.15, 0.2) is 22.9 Å². The first-order chi connectivity index (χ1) is 10.6. The fourth-order valence-electron chi connectivity index (χ4n) is 3.21. The molecule has 3 rings (SSSR count). The van der Waals surface area contributed by atoms with E-state index in [-0.39, 0.29) is 5.91 Å². The summed E-state index contributed by atoms with van der Waals surface area (Å²) in [5.41, 5.74) is 1.05. The summed E-state index contributed by atoms with van der Waals surface area (Å²) >= 11 is 0. The molecule has 2 aromatic rings. The average molecular weight is 301 g/mol. The van der Waals surface area contributed by atoms with E-state index in [1.54, 1.807) is 4.90 Å². The molecule has 2 aromatic heterocycles. The zero-order valence-corrected chi connectivity index (χ0v) is 13.5. The number of hydrogen-bond donors (Lipinski definition) is 0. The van der Waals surface area contributed by atoms with Crippen LogP contribution in [0.3, 0.4) is 0 Å². The SMILES string of the molecule is CCc1oc(C(=O)N(C)C[C@@H]2CCn3ccnc3C2)cc1C. The van der Waals surface area contributed by atoms with Crippen LogP contribution in [0.4, 0.5) is 0 Å². The molecule has 0 bridgehead atoms. The van der Waals surface area contributed by atoms with Crippen molar-refractivity contribution in [2.45, 2.75) is 39.7 Å². The Labute approximate surface area is 130 Å². The number of amides is 1. The van der Waals surface area contributed by atoms with E-state index in [4.69, 9.17) is 4.42 Å². The van der Waals surface area contributed by atoms with Gasteiger partial charge in [-0.25, -0.2) is 4.98 Å². The van der Waals surface area contributed by atoms with Gasteiger partial charge in [0.25, 0.3) is 5.91 Å². The van der Waals surface area contributed by atoms with Crippen molar-refractivity contribution in [2.75, 3.05) is 13.6 Å². The van der Waals surface area contributed by atoms with Crippen molar-refractivity contribution in [3.63, 3.8) is 0 Å². The van der Waals surface area contributed by atoms with Gasteiger partial charge in [-0.1, -0.05) is 6.92 Å². The lowest BCUT2D eigenvalue weighted by atomic mass is 9.97. The van der Waals surface area contributed by atoms with Gasteiger partial charge >= 0.3 is 0 Å². The standard InChI is InChI=1S/C17H23N3O2/c1-4-14-12(2)9-15(22-14)17(21)19(3)11-13-5-7-20-8-6-18-16(20)10-13/h6,8-9,13H,4-5,7,10-11H2,1-3H3/t13-/m1/s1. The molecule has 0 N–H and O–H groups in total. The van der Waals surface area contributed by atoms with Gasteiger partial charge in [0.2, 0.25) is 0 Å². The first-order valence-electron chi connectivity index (χ1n) is 7.93. The second-order valence-electron chi connectivity index (χ2n) is 6.15. The summed E-state index contributed by atoms with van der Waals surface area (Å²) in [5, 5.41) is 0. The fraction of sp³-hybridized carbons (Fsp3) is 0.529. The van der Waals surface area contributed by atoms with Crippen LogP contribution in [-0.2, 0) is 19.4 Å². The molecular weight excluding hydrogens is 278 g/mol. The third-order valence-electron chi connectivity index (χ3n) is 4.48. The smallest absolute Gasteiger partial charge is 0.289 e. The Kier molecular flexibility index (Phi) is 4.05. The number of aryl methyl sites for hydroxylation is 3. The minimum atomic E-state index is -0.0308. The molecular formula is C17H23N3O2. The monoisotopic (exact) mass is 301 g/mol. The molecule has 22 heavy (non-hydrogen) atoms. The summed E-state index contributed by atoms with van der Waals surface area (Å²) in [4.78, 5) is 18.7. The average Bonchev–Trinajstić information content (AvgIpc) is 3.11. The lowest BCUT2D eigenvalue weighted by Gasteiger charge is -2.27. The zero-order valence-electron chi connectivity index (χ0n) is 13.5. The molecule has 0 aliphatic carbocycles. The quantitative estimate of drug-likeness (QED) is 0.872. The van der Waals surface area contributed by atoms with Crippen LogP contribution in [0, 0.1) is 12.8 Å². The molecule has 0 unspecified atom stereocenters. The first kappa shape index (κ1) is 14.9. The molecule has 3 heterocycles. The van der Waals surface area contributed by atoms with Crippen molar-refractivity contribution < 1.29 is 9.21 Å². The summed E-state index contributed by atoms with van der Waals surface area (Å²) in [6, 6.07) is 1.85. The summed E-state index contributed by atoms with van der Waals surface area (Å²) in [5.74, 6) is 2.91. The van der Waals surface area contributed by atoms with E-state index in [2.05, 4.69) is 9.55 Å². The number of nitrogens with zero attached hydrogens (tertiary/aromatic N) is 3. The highest BCUT2D eigenvalue weighted by Gasteiger charge is 2.24. The largest absolute Gasteiger partial charge is 0.456 e. The summed E-state index contributed by atoms with van der Waals surface area (Å²) in [6.45, 7) is 5.75. The van der Waals surface area contributed by atoms with Crippen LogP contribution in [0.25, 0.3) is 0 Å². The van der Waals surface area contributed by atoms with E-state index < -0.39 is 0 Å². The molecule has 0 fully saturated rings. The van der Waals surface area contributed by atoms with E-state index in [1.807, 2.05) is 39.4 Å². The van der Waals surface area contributed by atoms with Crippen LogP contribution in [0.1, 0.15) is 41.0 Å². The topological polar surface area (TPSA) is 51.3 Å². The van der Waals surface area contributed by atoms with Gasteiger partial charge in [0.15, 0.2) is 5.76 Å². The third kappa shape index (κ3) is 2.80. The number of carbonyl (C=O) groups is 1. The van der Waals surface area contributed by atoms with Crippen LogP contribution < -0.4 is 0 Å². The maximum absolute atomic E-state index is 12.5. The van der Waals surface area contributed by atoms with Gasteiger partial charge in [0.05, 0.1) is 0 Å². The number of carbonyl (C=O) groups excluding carboxylic acids is 1. The molecule has 0 radical (unpaired) electrons. The molecule has 118 valence electrons. The summed E-state index contributed by atoms with van der Waals surface area (Å²) in [7, 11) is 1.85. The van der Waals surface area contributed by atoms with E-state index in [1.165, 1.54) is 0 Å². The van der Waals surface area contributed by atoms with Crippen molar-refractivity contribution in [3.8, 4) is 0 Å². The predicted octanol–water partition coefficient (Wildman–Crippen LogP) is 2.68. The van der Waals surface area contributed by atoms with Gasteiger partial charge in [-0.15, -0.1) is 0 Å². The van der Waals surface area contributed by atoms with Crippen LogP contribution in [-0.4, -0.2) is 34.0 Å². The number of imidazole rings is 1. The van der Waals surface area contributed by atoms with Crippen LogP contribution in [0.5, 0.6) is 0 Å². The van der Waals surface area contributed by atoms with Crippen molar-refractivity contribution in [1.82, 2.24) is 14.5 Å². The van der Waals surface area contributed by atoms with Crippen molar-refractivity contribution >= 4 is 5.91 Å². The Hall–Kier alpha value is -2.04. The zero-order chi connectivity index (χ0) is 15.7. The van der Waals surface area contributed by atoms with Gasteiger partial charge < -0.3 is 13.9 Å². The van der Waals surface area contributed by atoms with E-state index in [0.717, 1.165) is 49.5 Å². The van der Waals surface area contributed by atoms with Crippen molar-refractivity contribution in [3.05, 3.63) is 41.4 Å². The molecule has 1 atom stereocenters. The van der Waals surface area contributed by atoms with Gasteiger partial charge in [-0.3, -0.25) is 4.79 Å². The number of fused-ring (bicyclic) bond motifs is 1. The fourth-order valence-corrected chi connectivity index (χ4v) is 3.21. The third-order valence-corrected chi connectivity index (χ3v) is 4.48. The lowest BCUT2D eigenvalue weighted by Crippen LogP contribution is -2.34. The Bertz CT molecular complexity index is 671. The minimum absolute atomic E-state index is 0.0308. The number of rotatable bonds is 4. The molecule has 0 aromatic carbocycles. The Morgan fingerprint density at radius 2 is 2.36 bits per heavy atom. The lowest BCUT2D eigenvalue weighted by molar-refractivity contribution is 0.0730. The molecule has 1 aliphatic rings. The van der Waals surface area contributed by atoms with Gasteiger partial charge in [0, 0.05) is 45.4 Å². The molecule has 1 amide bonds. The molecule has 0 saturated carbocycles. The molecule has 5 nitrogen and oxygen atoms in total. The highest BCUT2D eigenvalue weighted by atomic mass is 16.4. The van der Waals surface area contributed by atoms with Crippen molar-refractivity contribution in [2.24, 2.45) is 5.92 Å². The van der Waals surface area contributed by atoms with Gasteiger partial charge in [-0.2, -0.15) is 0 Å². The maximum atomic E-state index is 12.5. The van der Waals surface area contributed by atoms with Gasteiger partial charge in [0.1, 0.15) is 11.6 Å². The Morgan fingerprint density at radius 1 is 1.55 bits per heavy atom. The van der Waals surface area contributed by atoms with Gasteiger partial charge in [-0.05, 0) is 30.9 Å². The number of aromatic nitrogens is 2. The maximum Gasteiger partial charge on any atom is 0.289 e. The second kappa shape index (κ2) is 5.99. The predicted molar refractivity (Wildman–Crippen MR) is 83.8 cm³/mol. The second-order valence-corrected chi connectivity index (χ2v) is 6.15. The Morgan fingerprint density at radius 3 is 3.09 bits per heavy atom. The minimum Gasteiger partial charge on any atom is -0.456 e. The van der Waals surface area contributed by atoms with E-state index >= 15 is 0 Å². The Balaban J connectivity index is 1.64. The normalized spacial score (nSPS) is 17.3. The van der Waals surface area contributed by atoms with E-state index in [9.17, 15) is 4.79 Å². The van der Waals surface area contributed by atoms with Crippen LogP contribution >= 0.6 is 0 Å².